The molecule has 0 bridgehead atoms. The van der Waals surface area contributed by atoms with E-state index in [9.17, 15) is 5.11 Å². The normalized spacial score (nSPS) is 13.0. The third kappa shape index (κ3) is 3.36. The van der Waals surface area contributed by atoms with Gasteiger partial charge >= 0.3 is 0 Å². The Hall–Kier alpha value is -3.59. The van der Waals surface area contributed by atoms with Crippen molar-refractivity contribution >= 4 is 16.5 Å². The fourth-order valence-corrected chi connectivity index (χ4v) is 3.95. The minimum absolute atomic E-state index is 0.265. The maximum atomic E-state index is 10.7. The van der Waals surface area contributed by atoms with E-state index >= 15 is 0 Å². The molecule has 0 unspecified atom stereocenters. The van der Waals surface area contributed by atoms with Crippen molar-refractivity contribution in [1.82, 2.24) is 0 Å². The molecule has 0 saturated carbocycles. The number of fused-ring (bicyclic) bond motifs is 2. The molecule has 3 nitrogen and oxygen atoms in total. The van der Waals surface area contributed by atoms with Crippen LogP contribution < -0.4 is 4.74 Å². The number of rotatable bonds is 4. The van der Waals surface area contributed by atoms with Crippen LogP contribution in [0.25, 0.3) is 10.8 Å². The molecule has 0 aromatic heterocycles. The van der Waals surface area contributed by atoms with Crippen molar-refractivity contribution in [2.75, 3.05) is 6.54 Å². The fourth-order valence-electron chi connectivity index (χ4n) is 3.95. The van der Waals surface area contributed by atoms with Crippen LogP contribution in [-0.4, -0.2) is 17.4 Å². The summed E-state index contributed by atoms with van der Waals surface area (Å²) < 4.78 is 5.88. The fraction of sp³-hybridized carbons (Fsp3) is 0.115. The highest BCUT2D eigenvalue weighted by molar-refractivity contribution is 6.22. The highest BCUT2D eigenvalue weighted by atomic mass is 16.5. The molecule has 0 atom stereocenters. The summed E-state index contributed by atoms with van der Waals surface area (Å²) in [6, 6.07) is 28.1. The maximum Gasteiger partial charge on any atom is 0.125 e. The molecule has 0 amide bonds. The Kier molecular flexibility index (Phi) is 4.49. The van der Waals surface area contributed by atoms with Gasteiger partial charge in [0.05, 0.1) is 5.71 Å². The summed E-state index contributed by atoms with van der Waals surface area (Å²) >= 11 is 0. The lowest BCUT2D eigenvalue weighted by Gasteiger charge is -2.19. The Bertz CT molecular complexity index is 1210. The van der Waals surface area contributed by atoms with E-state index in [1.807, 2.05) is 42.5 Å². The van der Waals surface area contributed by atoms with Crippen LogP contribution in [0, 0.1) is 0 Å². The first kappa shape index (κ1) is 17.5. The van der Waals surface area contributed by atoms with Gasteiger partial charge in [0.1, 0.15) is 18.1 Å². The predicted molar refractivity (Wildman–Crippen MR) is 117 cm³/mol. The summed E-state index contributed by atoms with van der Waals surface area (Å²) in [6.45, 7) is 1.24. The number of ether oxygens (including phenoxy) is 1. The Morgan fingerprint density at radius 2 is 1.69 bits per heavy atom. The van der Waals surface area contributed by atoms with Crippen molar-refractivity contribution in [3.8, 4) is 11.5 Å². The second-order valence-corrected chi connectivity index (χ2v) is 7.25. The number of para-hydroxylation sites is 1. The molecule has 29 heavy (non-hydrogen) atoms. The highest BCUT2D eigenvalue weighted by Crippen LogP contribution is 2.33. The molecule has 0 spiro atoms. The van der Waals surface area contributed by atoms with Crippen molar-refractivity contribution < 1.29 is 9.84 Å². The summed E-state index contributed by atoms with van der Waals surface area (Å²) in [5, 5.41) is 12.8. The lowest BCUT2D eigenvalue weighted by molar-refractivity contribution is 0.306. The van der Waals surface area contributed by atoms with E-state index in [0.717, 1.165) is 51.9 Å². The Morgan fingerprint density at radius 3 is 2.59 bits per heavy atom. The molecule has 1 heterocycles. The van der Waals surface area contributed by atoms with Gasteiger partial charge in [0.25, 0.3) is 0 Å². The van der Waals surface area contributed by atoms with Crippen molar-refractivity contribution in [2.45, 2.75) is 13.0 Å². The molecule has 4 aromatic carbocycles. The molecule has 1 aliphatic heterocycles. The third-order valence-corrected chi connectivity index (χ3v) is 5.37. The van der Waals surface area contributed by atoms with Gasteiger partial charge in [-0.2, -0.15) is 0 Å². The first-order chi connectivity index (χ1) is 14.3. The van der Waals surface area contributed by atoms with Crippen molar-refractivity contribution in [3.63, 3.8) is 0 Å². The monoisotopic (exact) mass is 379 g/mol. The van der Waals surface area contributed by atoms with Crippen LogP contribution in [0.2, 0.25) is 0 Å². The summed E-state index contributed by atoms with van der Waals surface area (Å²) in [4.78, 5) is 4.78. The number of benzene rings is 4. The Balaban J connectivity index is 1.53. The van der Waals surface area contributed by atoms with Crippen LogP contribution in [0.15, 0.2) is 89.9 Å². The zero-order valence-corrected chi connectivity index (χ0v) is 16.0. The molecule has 0 fully saturated rings. The molecule has 0 radical (unpaired) electrons. The summed E-state index contributed by atoms with van der Waals surface area (Å²) in [5.74, 6) is 1.12. The molecule has 142 valence electrons. The molecule has 0 aliphatic carbocycles. The van der Waals surface area contributed by atoms with Crippen molar-refractivity contribution in [2.24, 2.45) is 4.99 Å². The number of nitrogens with zero attached hydrogens (tertiary/aromatic N) is 1. The average molecular weight is 379 g/mol. The largest absolute Gasteiger partial charge is 0.507 e. The van der Waals surface area contributed by atoms with Crippen LogP contribution in [0.5, 0.6) is 11.5 Å². The lowest BCUT2D eigenvalue weighted by Crippen LogP contribution is -2.14. The Morgan fingerprint density at radius 1 is 0.862 bits per heavy atom. The van der Waals surface area contributed by atoms with Crippen molar-refractivity contribution in [3.05, 3.63) is 107 Å². The third-order valence-electron chi connectivity index (χ3n) is 5.37. The maximum absolute atomic E-state index is 10.7. The van der Waals surface area contributed by atoms with E-state index in [1.165, 1.54) is 5.56 Å². The topological polar surface area (TPSA) is 41.8 Å². The van der Waals surface area contributed by atoms with Crippen LogP contribution >= 0.6 is 0 Å². The number of hydrogen-bond acceptors (Lipinski definition) is 3. The van der Waals surface area contributed by atoms with Gasteiger partial charge in [0.15, 0.2) is 0 Å². The highest BCUT2D eigenvalue weighted by Gasteiger charge is 2.20. The van der Waals surface area contributed by atoms with Crippen LogP contribution in [0.4, 0.5) is 0 Å². The van der Waals surface area contributed by atoms with Gasteiger partial charge in [0.2, 0.25) is 0 Å². The minimum Gasteiger partial charge on any atom is -0.507 e. The molecule has 1 aliphatic rings. The Labute approximate surface area is 169 Å². The van der Waals surface area contributed by atoms with E-state index in [4.69, 9.17) is 9.73 Å². The number of hydrogen-bond donors (Lipinski definition) is 1. The van der Waals surface area contributed by atoms with Crippen molar-refractivity contribution in [1.29, 1.82) is 0 Å². The molecule has 0 saturated heterocycles. The van der Waals surface area contributed by atoms with Crippen LogP contribution in [-0.2, 0) is 13.0 Å². The summed E-state index contributed by atoms with van der Waals surface area (Å²) in [5.41, 5.74) is 5.16. The van der Waals surface area contributed by atoms with Gasteiger partial charge in [-0.15, -0.1) is 0 Å². The SMILES string of the molecule is Oc1ccc2cc(COc3ccccc3)ccc2c1C1=NCCc2ccccc21. The van der Waals surface area contributed by atoms with E-state index < -0.39 is 0 Å². The smallest absolute Gasteiger partial charge is 0.125 e. The number of aliphatic imine (C=N–C) groups is 1. The first-order valence-electron chi connectivity index (χ1n) is 9.85. The number of phenolic OH excluding ortho intramolecular Hbond substituents is 1. The van der Waals surface area contributed by atoms with Gasteiger partial charge in [-0.3, -0.25) is 4.99 Å². The molecule has 4 aromatic rings. The number of phenols is 1. The van der Waals surface area contributed by atoms with Gasteiger partial charge in [-0.05, 0) is 52.6 Å². The van der Waals surface area contributed by atoms with Crippen LogP contribution in [0.1, 0.15) is 22.3 Å². The quantitative estimate of drug-likeness (QED) is 0.507. The first-order valence-corrected chi connectivity index (χ1v) is 9.85. The zero-order chi connectivity index (χ0) is 19.6. The summed E-state index contributed by atoms with van der Waals surface area (Å²) in [6.07, 6.45) is 0.937. The summed E-state index contributed by atoms with van der Waals surface area (Å²) in [7, 11) is 0. The van der Waals surface area contributed by atoms with E-state index in [1.54, 1.807) is 6.07 Å². The minimum atomic E-state index is 0.265. The van der Waals surface area contributed by atoms with Gasteiger partial charge < -0.3 is 9.84 Å². The van der Waals surface area contributed by atoms with Gasteiger partial charge in [-0.1, -0.05) is 60.7 Å². The number of aromatic hydroxyl groups is 1. The zero-order valence-electron chi connectivity index (χ0n) is 16.0. The van der Waals surface area contributed by atoms with E-state index in [2.05, 4.69) is 36.4 Å². The molecular weight excluding hydrogens is 358 g/mol. The molecular formula is C26H21NO2. The second kappa shape index (κ2) is 7.44. The van der Waals surface area contributed by atoms with E-state index in [0.29, 0.717) is 6.61 Å². The lowest BCUT2D eigenvalue weighted by atomic mass is 9.90. The van der Waals surface area contributed by atoms with E-state index in [-0.39, 0.29) is 5.75 Å². The van der Waals surface area contributed by atoms with Gasteiger partial charge in [-0.25, -0.2) is 0 Å². The molecule has 3 heteroatoms. The predicted octanol–water partition coefficient (Wildman–Crippen LogP) is 5.52. The van der Waals surface area contributed by atoms with Crippen LogP contribution in [0.3, 0.4) is 0 Å². The molecule has 1 N–H and O–H groups in total. The standard InChI is InChI=1S/C26H21NO2/c28-24-13-11-20-16-18(17-29-21-7-2-1-3-8-21)10-12-22(20)25(24)26-23-9-5-4-6-19(23)14-15-27-26/h1-13,16,28H,14-15,17H2. The second-order valence-electron chi connectivity index (χ2n) is 7.25. The molecule has 5 rings (SSSR count). The van der Waals surface area contributed by atoms with Gasteiger partial charge in [0, 0.05) is 17.7 Å². The average Bonchev–Trinajstić information content (AvgIpc) is 2.78.